The normalized spacial score (nSPS) is 19.9. The van der Waals surface area contributed by atoms with Crippen LogP contribution < -0.4 is 15.4 Å². The Hall–Kier alpha value is -1.83. The minimum absolute atomic E-state index is 0. The number of carbonyl (C=O) groups excluding carboxylic acids is 2. The molecule has 0 aliphatic carbocycles. The zero-order valence-corrected chi connectivity index (χ0v) is 15.1. The van der Waals surface area contributed by atoms with Gasteiger partial charge in [-0.1, -0.05) is 0 Å². The number of halogens is 1. The Kier molecular flexibility index (Phi) is 7.04. The van der Waals surface area contributed by atoms with Gasteiger partial charge in [-0.25, -0.2) is 0 Å². The number of nitrogens with zero attached hydrogens (tertiary/aromatic N) is 1. The molecular formula is C17H24ClN3O4. The fraction of sp³-hybridized carbons (Fsp3) is 0.529. The van der Waals surface area contributed by atoms with Crippen LogP contribution >= 0.6 is 12.4 Å². The Labute approximate surface area is 153 Å². The van der Waals surface area contributed by atoms with Crippen LogP contribution in [0.25, 0.3) is 0 Å². The predicted molar refractivity (Wildman–Crippen MR) is 96.6 cm³/mol. The molecule has 1 aromatic carbocycles. The number of hydrogen-bond acceptors (Lipinski definition) is 5. The first-order chi connectivity index (χ1) is 11.7. The molecule has 2 amide bonds. The number of likely N-dealkylation sites (tertiary alicyclic amines) is 1. The highest BCUT2D eigenvalue weighted by molar-refractivity contribution is 5.99. The van der Waals surface area contributed by atoms with Gasteiger partial charge in [-0.3, -0.25) is 9.59 Å². The summed E-state index contributed by atoms with van der Waals surface area (Å²) in [5.41, 5.74) is 1.04. The third-order valence-corrected chi connectivity index (χ3v) is 4.32. The second kappa shape index (κ2) is 9.03. The number of methoxy groups -OCH3 is 1. The SMILES string of the molecule is COc1ccc(C(=O)N2CCCC2)cc1NC(=O)C1CNCCO1.Cl. The fourth-order valence-electron chi connectivity index (χ4n) is 2.99. The Balaban J connectivity index is 0.00000225. The van der Waals surface area contributed by atoms with Gasteiger partial charge in [-0.15, -0.1) is 12.4 Å². The van der Waals surface area contributed by atoms with Gasteiger partial charge in [0.05, 0.1) is 19.4 Å². The van der Waals surface area contributed by atoms with Crippen LogP contribution in [0.15, 0.2) is 18.2 Å². The smallest absolute Gasteiger partial charge is 0.254 e. The lowest BCUT2D eigenvalue weighted by Crippen LogP contribution is -2.45. The standard InChI is InChI=1S/C17H23N3O4.ClH/c1-23-14-5-4-12(17(22)20-7-2-3-8-20)10-13(14)19-16(21)15-11-18-6-9-24-15;/h4-5,10,15,18H,2-3,6-9,11H2,1H3,(H,19,21);1H. The molecule has 2 aliphatic rings. The Morgan fingerprint density at radius 3 is 2.72 bits per heavy atom. The zero-order valence-electron chi connectivity index (χ0n) is 14.2. The minimum Gasteiger partial charge on any atom is -0.495 e. The van der Waals surface area contributed by atoms with Crippen LogP contribution in [0.1, 0.15) is 23.2 Å². The summed E-state index contributed by atoms with van der Waals surface area (Å²) in [6.07, 6.45) is 1.54. The van der Waals surface area contributed by atoms with Crippen molar-refractivity contribution in [3.63, 3.8) is 0 Å². The summed E-state index contributed by atoms with van der Waals surface area (Å²) >= 11 is 0. The maximum absolute atomic E-state index is 12.5. The van der Waals surface area contributed by atoms with E-state index in [4.69, 9.17) is 9.47 Å². The Morgan fingerprint density at radius 2 is 2.08 bits per heavy atom. The lowest BCUT2D eigenvalue weighted by molar-refractivity contribution is -0.128. The highest BCUT2D eigenvalue weighted by Gasteiger charge is 2.24. The summed E-state index contributed by atoms with van der Waals surface area (Å²) in [5, 5.41) is 5.94. The molecule has 0 radical (unpaired) electrons. The first-order valence-corrected chi connectivity index (χ1v) is 8.29. The second-order valence-corrected chi connectivity index (χ2v) is 5.97. The van der Waals surface area contributed by atoms with Crippen molar-refractivity contribution in [3.05, 3.63) is 23.8 Å². The molecule has 2 heterocycles. The van der Waals surface area contributed by atoms with Crippen LogP contribution in [0, 0.1) is 0 Å². The van der Waals surface area contributed by atoms with E-state index in [-0.39, 0.29) is 24.2 Å². The maximum Gasteiger partial charge on any atom is 0.254 e. The topological polar surface area (TPSA) is 79.9 Å². The molecule has 0 spiro atoms. The Bertz CT molecular complexity index is 614. The monoisotopic (exact) mass is 369 g/mol. The van der Waals surface area contributed by atoms with E-state index in [0.717, 1.165) is 32.5 Å². The minimum atomic E-state index is -0.540. The van der Waals surface area contributed by atoms with Gasteiger partial charge >= 0.3 is 0 Å². The van der Waals surface area contributed by atoms with Gasteiger partial charge in [0.15, 0.2) is 0 Å². The van der Waals surface area contributed by atoms with Gasteiger partial charge in [0.2, 0.25) is 0 Å². The predicted octanol–water partition coefficient (Wildman–Crippen LogP) is 1.28. The number of benzene rings is 1. The van der Waals surface area contributed by atoms with Crippen molar-refractivity contribution in [2.24, 2.45) is 0 Å². The van der Waals surface area contributed by atoms with Crippen molar-refractivity contribution in [1.29, 1.82) is 0 Å². The highest BCUT2D eigenvalue weighted by atomic mass is 35.5. The van der Waals surface area contributed by atoms with E-state index < -0.39 is 6.10 Å². The number of hydrogen-bond donors (Lipinski definition) is 2. The molecule has 1 aromatic rings. The molecule has 3 rings (SSSR count). The summed E-state index contributed by atoms with van der Waals surface area (Å²) in [4.78, 5) is 26.7. The number of carbonyl (C=O) groups is 2. The van der Waals surface area contributed by atoms with Gasteiger partial charge < -0.3 is 25.0 Å². The average Bonchev–Trinajstić information content (AvgIpc) is 3.16. The maximum atomic E-state index is 12.5. The molecular weight excluding hydrogens is 346 g/mol. The van der Waals surface area contributed by atoms with Crippen LogP contribution in [-0.4, -0.2) is 62.7 Å². The van der Waals surface area contributed by atoms with Gasteiger partial charge in [0.25, 0.3) is 11.8 Å². The van der Waals surface area contributed by atoms with Gasteiger partial charge in [0, 0.05) is 31.7 Å². The Morgan fingerprint density at radius 1 is 1.32 bits per heavy atom. The quantitative estimate of drug-likeness (QED) is 0.835. The van der Waals surface area contributed by atoms with E-state index in [1.807, 2.05) is 4.90 Å². The van der Waals surface area contributed by atoms with E-state index in [1.165, 1.54) is 7.11 Å². The van der Waals surface area contributed by atoms with Gasteiger partial charge in [-0.05, 0) is 31.0 Å². The van der Waals surface area contributed by atoms with Crippen molar-refractivity contribution < 1.29 is 19.1 Å². The van der Waals surface area contributed by atoms with Crippen LogP contribution in [-0.2, 0) is 9.53 Å². The first kappa shape index (κ1) is 19.5. The molecule has 0 bridgehead atoms. The molecule has 2 saturated heterocycles. The number of amides is 2. The van der Waals surface area contributed by atoms with E-state index in [1.54, 1.807) is 18.2 Å². The summed E-state index contributed by atoms with van der Waals surface area (Å²) in [5.74, 6) is 0.262. The van der Waals surface area contributed by atoms with Crippen LogP contribution in [0.3, 0.4) is 0 Å². The van der Waals surface area contributed by atoms with E-state index >= 15 is 0 Å². The molecule has 1 atom stereocenters. The molecule has 8 heteroatoms. The molecule has 0 saturated carbocycles. The highest BCUT2D eigenvalue weighted by Crippen LogP contribution is 2.27. The van der Waals surface area contributed by atoms with Crippen LogP contribution in [0.4, 0.5) is 5.69 Å². The molecule has 2 aliphatic heterocycles. The summed E-state index contributed by atoms with van der Waals surface area (Å²) in [6.45, 7) is 3.29. The van der Waals surface area contributed by atoms with Gasteiger partial charge in [0.1, 0.15) is 11.9 Å². The molecule has 7 nitrogen and oxygen atoms in total. The average molecular weight is 370 g/mol. The van der Waals surface area contributed by atoms with Crippen LogP contribution in [0.5, 0.6) is 5.75 Å². The molecule has 1 unspecified atom stereocenters. The molecule has 138 valence electrons. The summed E-state index contributed by atoms with van der Waals surface area (Å²) < 4.78 is 10.8. The second-order valence-electron chi connectivity index (χ2n) is 5.97. The third-order valence-electron chi connectivity index (χ3n) is 4.32. The fourth-order valence-corrected chi connectivity index (χ4v) is 2.99. The van der Waals surface area contributed by atoms with Crippen molar-refractivity contribution >= 4 is 29.9 Å². The molecule has 25 heavy (non-hydrogen) atoms. The number of nitrogens with one attached hydrogen (secondary N) is 2. The number of morpholine rings is 1. The van der Waals surface area contributed by atoms with Crippen LogP contribution in [0.2, 0.25) is 0 Å². The largest absolute Gasteiger partial charge is 0.495 e. The number of anilines is 1. The molecule has 2 N–H and O–H groups in total. The molecule has 2 fully saturated rings. The lowest BCUT2D eigenvalue weighted by Gasteiger charge is -2.23. The number of ether oxygens (including phenoxy) is 2. The van der Waals surface area contributed by atoms with E-state index in [0.29, 0.717) is 30.2 Å². The van der Waals surface area contributed by atoms with Gasteiger partial charge in [-0.2, -0.15) is 0 Å². The van der Waals surface area contributed by atoms with E-state index in [9.17, 15) is 9.59 Å². The third kappa shape index (κ3) is 4.62. The lowest BCUT2D eigenvalue weighted by atomic mass is 10.1. The number of rotatable bonds is 4. The summed E-state index contributed by atoms with van der Waals surface area (Å²) in [6, 6.07) is 5.11. The summed E-state index contributed by atoms with van der Waals surface area (Å²) in [7, 11) is 1.53. The zero-order chi connectivity index (χ0) is 16.9. The first-order valence-electron chi connectivity index (χ1n) is 8.29. The van der Waals surface area contributed by atoms with Crippen molar-refractivity contribution in [1.82, 2.24) is 10.2 Å². The molecule has 0 aromatic heterocycles. The van der Waals surface area contributed by atoms with E-state index in [2.05, 4.69) is 10.6 Å². The van der Waals surface area contributed by atoms with Crippen molar-refractivity contribution in [2.45, 2.75) is 18.9 Å². The van der Waals surface area contributed by atoms with Crippen molar-refractivity contribution in [2.75, 3.05) is 45.2 Å². The van der Waals surface area contributed by atoms with Crippen molar-refractivity contribution in [3.8, 4) is 5.75 Å².